The largest absolute Gasteiger partial charge is 0.368 e. The predicted molar refractivity (Wildman–Crippen MR) is 55.3 cm³/mol. The van der Waals surface area contributed by atoms with Crippen LogP contribution in [0.1, 0.15) is 40.5 Å². The lowest BCUT2D eigenvalue weighted by molar-refractivity contribution is -0.121. The Kier molecular flexibility index (Phi) is 5.71. The van der Waals surface area contributed by atoms with Crippen LogP contribution < -0.4 is 11.1 Å². The van der Waals surface area contributed by atoms with Crippen LogP contribution in [0, 0.1) is 5.92 Å². The van der Waals surface area contributed by atoms with Crippen molar-refractivity contribution in [2.45, 2.75) is 52.6 Å². The second kappa shape index (κ2) is 5.97. The van der Waals surface area contributed by atoms with E-state index in [-0.39, 0.29) is 11.9 Å². The van der Waals surface area contributed by atoms with Crippen molar-refractivity contribution in [3.05, 3.63) is 0 Å². The van der Waals surface area contributed by atoms with Gasteiger partial charge in [0.05, 0.1) is 6.04 Å². The Morgan fingerprint density at radius 1 is 1.31 bits per heavy atom. The van der Waals surface area contributed by atoms with Crippen molar-refractivity contribution in [1.82, 2.24) is 5.32 Å². The van der Waals surface area contributed by atoms with Crippen LogP contribution in [-0.2, 0) is 4.79 Å². The second-order valence-corrected chi connectivity index (χ2v) is 3.74. The van der Waals surface area contributed by atoms with E-state index in [0.29, 0.717) is 12.0 Å². The van der Waals surface area contributed by atoms with Crippen LogP contribution in [-0.4, -0.2) is 18.0 Å². The molecule has 3 N–H and O–H groups in total. The van der Waals surface area contributed by atoms with Gasteiger partial charge in [0.2, 0.25) is 5.91 Å². The standard InChI is InChI=1S/C10H22N2O/c1-5-7(3)9(10(11)13)12-8(4)6-2/h7-9,12H,5-6H2,1-4H3,(H2,11,13). The molecule has 13 heavy (non-hydrogen) atoms. The molecule has 0 aliphatic heterocycles. The van der Waals surface area contributed by atoms with E-state index in [2.05, 4.69) is 26.1 Å². The fraction of sp³-hybridized carbons (Fsp3) is 0.900. The summed E-state index contributed by atoms with van der Waals surface area (Å²) < 4.78 is 0. The van der Waals surface area contributed by atoms with E-state index in [9.17, 15) is 4.79 Å². The van der Waals surface area contributed by atoms with Gasteiger partial charge in [-0.25, -0.2) is 0 Å². The molecule has 0 fully saturated rings. The topological polar surface area (TPSA) is 55.1 Å². The highest BCUT2D eigenvalue weighted by Crippen LogP contribution is 2.08. The van der Waals surface area contributed by atoms with E-state index in [1.807, 2.05) is 6.92 Å². The zero-order valence-electron chi connectivity index (χ0n) is 9.13. The summed E-state index contributed by atoms with van der Waals surface area (Å²) >= 11 is 0. The molecule has 0 spiro atoms. The number of hydrogen-bond donors (Lipinski definition) is 2. The van der Waals surface area contributed by atoms with E-state index in [0.717, 1.165) is 12.8 Å². The molecule has 1 amide bonds. The molecule has 0 aromatic heterocycles. The Morgan fingerprint density at radius 2 is 1.85 bits per heavy atom. The van der Waals surface area contributed by atoms with Gasteiger partial charge in [0.15, 0.2) is 0 Å². The van der Waals surface area contributed by atoms with Crippen molar-refractivity contribution >= 4 is 5.91 Å². The third-order valence-corrected chi connectivity index (χ3v) is 2.60. The Morgan fingerprint density at radius 3 is 2.15 bits per heavy atom. The summed E-state index contributed by atoms with van der Waals surface area (Å²) in [6.07, 6.45) is 1.98. The minimum absolute atomic E-state index is 0.181. The maximum atomic E-state index is 11.1. The molecule has 0 saturated carbocycles. The maximum Gasteiger partial charge on any atom is 0.234 e. The molecule has 0 bridgehead atoms. The van der Waals surface area contributed by atoms with Crippen LogP contribution in [0.15, 0.2) is 0 Å². The van der Waals surface area contributed by atoms with E-state index in [1.165, 1.54) is 0 Å². The number of primary amides is 1. The number of nitrogens with one attached hydrogen (secondary N) is 1. The van der Waals surface area contributed by atoms with Gasteiger partial charge >= 0.3 is 0 Å². The summed E-state index contributed by atoms with van der Waals surface area (Å²) in [5.41, 5.74) is 5.31. The highest BCUT2D eigenvalue weighted by atomic mass is 16.1. The van der Waals surface area contributed by atoms with Crippen molar-refractivity contribution in [3.63, 3.8) is 0 Å². The molecule has 3 nitrogen and oxygen atoms in total. The lowest BCUT2D eigenvalue weighted by Crippen LogP contribution is -2.49. The quantitative estimate of drug-likeness (QED) is 0.656. The molecule has 3 atom stereocenters. The molecule has 3 unspecified atom stereocenters. The summed E-state index contributed by atoms with van der Waals surface area (Å²) in [6, 6.07) is 0.173. The van der Waals surface area contributed by atoms with Crippen molar-refractivity contribution in [2.24, 2.45) is 11.7 Å². The van der Waals surface area contributed by atoms with Crippen molar-refractivity contribution in [2.75, 3.05) is 0 Å². The van der Waals surface area contributed by atoms with Gasteiger partial charge in [0.1, 0.15) is 0 Å². The van der Waals surface area contributed by atoms with E-state index in [4.69, 9.17) is 5.73 Å². The summed E-state index contributed by atoms with van der Waals surface area (Å²) in [5.74, 6) is 0.0705. The Balaban J connectivity index is 4.17. The first-order chi connectivity index (χ1) is 6.02. The number of nitrogens with two attached hydrogens (primary N) is 1. The predicted octanol–water partition coefficient (Wildman–Crippen LogP) is 1.27. The summed E-state index contributed by atoms with van der Waals surface area (Å²) in [7, 11) is 0. The van der Waals surface area contributed by atoms with Crippen molar-refractivity contribution < 1.29 is 4.79 Å². The summed E-state index contributed by atoms with van der Waals surface area (Å²) in [5, 5.41) is 3.24. The number of rotatable bonds is 6. The fourth-order valence-corrected chi connectivity index (χ4v) is 1.19. The zero-order chi connectivity index (χ0) is 10.4. The minimum atomic E-state index is -0.241. The monoisotopic (exact) mass is 186 g/mol. The lowest BCUT2D eigenvalue weighted by atomic mass is 9.97. The fourth-order valence-electron chi connectivity index (χ4n) is 1.19. The molecule has 3 heteroatoms. The smallest absolute Gasteiger partial charge is 0.234 e. The van der Waals surface area contributed by atoms with Gasteiger partial charge in [0.25, 0.3) is 0 Å². The van der Waals surface area contributed by atoms with Crippen LogP contribution >= 0.6 is 0 Å². The normalized spacial score (nSPS) is 17.8. The second-order valence-electron chi connectivity index (χ2n) is 3.74. The third kappa shape index (κ3) is 4.27. The van der Waals surface area contributed by atoms with Crippen LogP contribution in [0.4, 0.5) is 0 Å². The molecular formula is C10H22N2O. The number of carbonyl (C=O) groups is 1. The lowest BCUT2D eigenvalue weighted by Gasteiger charge is -2.24. The Bertz CT molecular complexity index is 159. The molecule has 0 aromatic carbocycles. The third-order valence-electron chi connectivity index (χ3n) is 2.60. The van der Waals surface area contributed by atoms with Crippen LogP contribution in [0.5, 0.6) is 0 Å². The molecule has 0 aliphatic carbocycles. The van der Waals surface area contributed by atoms with Gasteiger partial charge < -0.3 is 11.1 Å². The zero-order valence-corrected chi connectivity index (χ0v) is 9.13. The van der Waals surface area contributed by atoms with E-state index >= 15 is 0 Å². The van der Waals surface area contributed by atoms with Crippen LogP contribution in [0.25, 0.3) is 0 Å². The number of hydrogen-bond acceptors (Lipinski definition) is 2. The first-order valence-electron chi connectivity index (χ1n) is 5.08. The van der Waals surface area contributed by atoms with E-state index in [1.54, 1.807) is 0 Å². The summed E-state index contributed by atoms with van der Waals surface area (Å²) in [4.78, 5) is 11.1. The van der Waals surface area contributed by atoms with Gasteiger partial charge in [-0.2, -0.15) is 0 Å². The molecule has 0 rings (SSSR count). The average Bonchev–Trinajstić information content (AvgIpc) is 2.11. The molecule has 0 heterocycles. The minimum Gasteiger partial charge on any atom is -0.368 e. The summed E-state index contributed by atoms with van der Waals surface area (Å²) in [6.45, 7) is 8.27. The van der Waals surface area contributed by atoms with Gasteiger partial charge in [-0.15, -0.1) is 0 Å². The Labute approximate surface area is 81.1 Å². The number of amides is 1. The molecule has 0 aliphatic rings. The average molecular weight is 186 g/mol. The van der Waals surface area contributed by atoms with Crippen LogP contribution in [0.3, 0.4) is 0 Å². The van der Waals surface area contributed by atoms with Crippen molar-refractivity contribution in [1.29, 1.82) is 0 Å². The molecule has 0 saturated heterocycles. The van der Waals surface area contributed by atoms with Crippen molar-refractivity contribution in [3.8, 4) is 0 Å². The molecule has 0 radical (unpaired) electrons. The molecule has 78 valence electrons. The first-order valence-corrected chi connectivity index (χ1v) is 5.08. The number of carbonyl (C=O) groups excluding carboxylic acids is 1. The molecular weight excluding hydrogens is 164 g/mol. The first kappa shape index (κ1) is 12.4. The van der Waals surface area contributed by atoms with Gasteiger partial charge in [-0.05, 0) is 19.3 Å². The Hall–Kier alpha value is -0.570. The SMILES string of the molecule is CCC(C)NC(C(N)=O)C(C)CC. The maximum absolute atomic E-state index is 11.1. The van der Waals surface area contributed by atoms with Gasteiger partial charge in [0, 0.05) is 6.04 Å². The van der Waals surface area contributed by atoms with Gasteiger partial charge in [-0.1, -0.05) is 27.2 Å². The highest BCUT2D eigenvalue weighted by molar-refractivity contribution is 5.80. The molecule has 0 aromatic rings. The van der Waals surface area contributed by atoms with E-state index < -0.39 is 0 Å². The van der Waals surface area contributed by atoms with Gasteiger partial charge in [-0.3, -0.25) is 4.79 Å². The highest BCUT2D eigenvalue weighted by Gasteiger charge is 2.22. The van der Waals surface area contributed by atoms with Crippen LogP contribution in [0.2, 0.25) is 0 Å².